The summed E-state index contributed by atoms with van der Waals surface area (Å²) in [5.74, 6) is 1.95. The number of amides is 1. The third-order valence-corrected chi connectivity index (χ3v) is 5.05. The van der Waals surface area contributed by atoms with Gasteiger partial charge in [-0.1, -0.05) is 17.7 Å². The number of hydrogen-bond donors (Lipinski definition) is 0. The van der Waals surface area contributed by atoms with E-state index >= 15 is 0 Å². The summed E-state index contributed by atoms with van der Waals surface area (Å²) in [4.78, 5) is 14.9. The lowest BCUT2D eigenvalue weighted by Gasteiger charge is -2.28. The number of carbonyl (C=O) groups excluding carboxylic acids is 1. The molecule has 1 fully saturated rings. The van der Waals surface area contributed by atoms with Crippen LogP contribution in [0.15, 0.2) is 42.5 Å². The first-order valence-corrected chi connectivity index (χ1v) is 9.36. The molecule has 1 aliphatic rings. The monoisotopic (exact) mass is 389 g/mol. The van der Waals surface area contributed by atoms with Gasteiger partial charge in [-0.05, 0) is 61.7 Å². The van der Waals surface area contributed by atoms with Gasteiger partial charge in [0, 0.05) is 11.6 Å². The van der Waals surface area contributed by atoms with Crippen molar-refractivity contribution in [3.05, 3.63) is 53.1 Å². The molecule has 1 heterocycles. The van der Waals surface area contributed by atoms with Crippen molar-refractivity contribution in [3.63, 3.8) is 0 Å². The second kappa shape index (κ2) is 8.53. The molecule has 2 aromatic carbocycles. The fraction of sp³-hybridized carbons (Fsp3) is 0.381. The fourth-order valence-electron chi connectivity index (χ4n) is 3.44. The summed E-state index contributed by atoms with van der Waals surface area (Å²) >= 11 is 5.90. The number of ether oxygens (including phenoxy) is 3. The molecule has 6 heteroatoms. The Morgan fingerprint density at radius 2 is 1.81 bits per heavy atom. The van der Waals surface area contributed by atoms with E-state index in [4.69, 9.17) is 25.8 Å². The van der Waals surface area contributed by atoms with Crippen molar-refractivity contribution in [2.75, 3.05) is 20.8 Å². The highest BCUT2D eigenvalue weighted by Crippen LogP contribution is 2.37. The first-order chi connectivity index (χ1) is 13.0. The van der Waals surface area contributed by atoms with E-state index in [1.807, 2.05) is 23.1 Å². The Morgan fingerprint density at radius 3 is 2.48 bits per heavy atom. The average molecular weight is 390 g/mol. The van der Waals surface area contributed by atoms with Gasteiger partial charge in [0.15, 0.2) is 17.6 Å². The number of carbonyl (C=O) groups is 1. The molecule has 0 N–H and O–H groups in total. The van der Waals surface area contributed by atoms with E-state index in [1.165, 1.54) is 0 Å². The molecule has 2 atom stereocenters. The molecule has 27 heavy (non-hydrogen) atoms. The highest BCUT2D eigenvalue weighted by molar-refractivity contribution is 6.30. The van der Waals surface area contributed by atoms with Gasteiger partial charge in [-0.15, -0.1) is 0 Å². The Balaban J connectivity index is 1.75. The molecule has 0 aliphatic carbocycles. The van der Waals surface area contributed by atoms with Crippen molar-refractivity contribution in [2.24, 2.45) is 0 Å². The van der Waals surface area contributed by atoms with Gasteiger partial charge in [-0.3, -0.25) is 4.79 Å². The third kappa shape index (κ3) is 4.30. The Bertz CT molecular complexity index is 793. The molecular weight excluding hydrogens is 366 g/mol. The zero-order valence-corrected chi connectivity index (χ0v) is 16.5. The maximum Gasteiger partial charge on any atom is 0.263 e. The zero-order valence-electron chi connectivity index (χ0n) is 15.8. The Kier molecular flexibility index (Phi) is 6.11. The van der Waals surface area contributed by atoms with Crippen LogP contribution in [0.2, 0.25) is 5.02 Å². The number of nitrogens with zero attached hydrogens (tertiary/aromatic N) is 1. The highest BCUT2D eigenvalue weighted by Gasteiger charge is 2.33. The second-order valence-corrected chi connectivity index (χ2v) is 6.95. The minimum absolute atomic E-state index is 0.00794. The van der Waals surface area contributed by atoms with E-state index in [9.17, 15) is 4.79 Å². The molecule has 0 spiro atoms. The van der Waals surface area contributed by atoms with Gasteiger partial charge in [0.05, 0.1) is 20.3 Å². The first-order valence-electron chi connectivity index (χ1n) is 8.98. The lowest BCUT2D eigenvalue weighted by atomic mass is 10.0. The molecule has 1 amide bonds. The Morgan fingerprint density at radius 1 is 1.11 bits per heavy atom. The molecule has 144 valence electrons. The van der Waals surface area contributed by atoms with Gasteiger partial charge in [0.2, 0.25) is 0 Å². The molecule has 3 rings (SSSR count). The fourth-order valence-corrected chi connectivity index (χ4v) is 3.56. The topological polar surface area (TPSA) is 48.0 Å². The molecule has 0 radical (unpaired) electrons. The van der Waals surface area contributed by atoms with E-state index in [2.05, 4.69) is 0 Å². The predicted molar refractivity (Wildman–Crippen MR) is 105 cm³/mol. The van der Waals surface area contributed by atoms with Gasteiger partial charge < -0.3 is 19.1 Å². The average Bonchev–Trinajstić information content (AvgIpc) is 3.18. The van der Waals surface area contributed by atoms with E-state index in [1.54, 1.807) is 45.4 Å². The third-order valence-electron chi connectivity index (χ3n) is 4.80. The summed E-state index contributed by atoms with van der Waals surface area (Å²) in [6.45, 7) is 2.49. The number of halogens is 1. The van der Waals surface area contributed by atoms with Gasteiger partial charge in [0.1, 0.15) is 5.75 Å². The first kappa shape index (κ1) is 19.4. The summed E-state index contributed by atoms with van der Waals surface area (Å²) in [6.07, 6.45) is 1.29. The van der Waals surface area contributed by atoms with Crippen molar-refractivity contribution in [2.45, 2.75) is 31.9 Å². The van der Waals surface area contributed by atoms with E-state index in [-0.39, 0.29) is 11.9 Å². The van der Waals surface area contributed by atoms with Gasteiger partial charge in [-0.25, -0.2) is 0 Å². The normalized spacial score (nSPS) is 17.5. The summed E-state index contributed by atoms with van der Waals surface area (Å²) in [7, 11) is 3.22. The van der Waals surface area contributed by atoms with E-state index in [0.29, 0.717) is 28.8 Å². The molecule has 0 saturated carbocycles. The maximum atomic E-state index is 13.0. The quantitative estimate of drug-likeness (QED) is 0.730. The Hall–Kier alpha value is -2.40. The minimum atomic E-state index is -0.577. The number of hydrogen-bond acceptors (Lipinski definition) is 4. The number of benzene rings is 2. The molecule has 1 aliphatic heterocycles. The number of rotatable bonds is 6. The molecule has 2 unspecified atom stereocenters. The standard InChI is InChI=1S/C21H24ClNO4/c1-14(27-17-9-7-16(22)8-10-17)21(24)23-12-4-5-18(23)15-6-11-19(25-2)20(13-15)26-3/h6-11,13-14,18H,4-5,12H2,1-3H3. The van der Waals surface area contributed by atoms with Gasteiger partial charge in [-0.2, -0.15) is 0 Å². The van der Waals surface area contributed by atoms with Crippen LogP contribution in [0.4, 0.5) is 0 Å². The number of methoxy groups -OCH3 is 2. The van der Waals surface area contributed by atoms with Crippen molar-refractivity contribution >= 4 is 17.5 Å². The summed E-state index contributed by atoms with van der Waals surface area (Å²) in [6, 6.07) is 12.8. The summed E-state index contributed by atoms with van der Waals surface area (Å²) in [5, 5.41) is 0.634. The van der Waals surface area contributed by atoms with Crippen molar-refractivity contribution in [1.82, 2.24) is 4.90 Å². The van der Waals surface area contributed by atoms with Crippen LogP contribution in [0.5, 0.6) is 17.2 Å². The van der Waals surface area contributed by atoms with E-state index < -0.39 is 6.10 Å². The molecule has 1 saturated heterocycles. The highest BCUT2D eigenvalue weighted by atomic mass is 35.5. The van der Waals surface area contributed by atoms with E-state index in [0.717, 1.165) is 18.4 Å². The van der Waals surface area contributed by atoms with Crippen molar-refractivity contribution < 1.29 is 19.0 Å². The SMILES string of the molecule is COc1ccc(C2CCCN2C(=O)C(C)Oc2ccc(Cl)cc2)cc1OC. The van der Waals surface area contributed by atoms with Crippen LogP contribution in [0, 0.1) is 0 Å². The van der Waals surface area contributed by atoms with Gasteiger partial charge in [0.25, 0.3) is 5.91 Å². The molecule has 0 bridgehead atoms. The van der Waals surface area contributed by atoms with Crippen LogP contribution in [-0.4, -0.2) is 37.7 Å². The second-order valence-electron chi connectivity index (χ2n) is 6.52. The van der Waals surface area contributed by atoms with Crippen LogP contribution in [0.1, 0.15) is 31.4 Å². The van der Waals surface area contributed by atoms with Crippen molar-refractivity contribution in [1.29, 1.82) is 0 Å². The maximum absolute atomic E-state index is 13.0. The summed E-state index contributed by atoms with van der Waals surface area (Å²) in [5.41, 5.74) is 1.04. The lowest BCUT2D eigenvalue weighted by molar-refractivity contribution is -0.138. The zero-order chi connectivity index (χ0) is 19.4. The smallest absolute Gasteiger partial charge is 0.263 e. The lowest BCUT2D eigenvalue weighted by Crippen LogP contribution is -2.40. The van der Waals surface area contributed by atoms with Crippen LogP contribution in [0.3, 0.4) is 0 Å². The molecule has 2 aromatic rings. The predicted octanol–water partition coefficient (Wildman–Crippen LogP) is 4.49. The Labute approximate surface area is 164 Å². The van der Waals surface area contributed by atoms with Gasteiger partial charge >= 0.3 is 0 Å². The number of likely N-dealkylation sites (tertiary alicyclic amines) is 1. The summed E-state index contributed by atoms with van der Waals surface area (Å²) < 4.78 is 16.5. The largest absolute Gasteiger partial charge is 0.493 e. The van der Waals surface area contributed by atoms with Crippen LogP contribution < -0.4 is 14.2 Å². The van der Waals surface area contributed by atoms with Crippen molar-refractivity contribution in [3.8, 4) is 17.2 Å². The van der Waals surface area contributed by atoms with Crippen LogP contribution in [0.25, 0.3) is 0 Å². The molecule has 0 aromatic heterocycles. The molecular formula is C21H24ClNO4. The molecule has 5 nitrogen and oxygen atoms in total. The minimum Gasteiger partial charge on any atom is -0.493 e. The van der Waals surface area contributed by atoms with Crippen LogP contribution in [-0.2, 0) is 4.79 Å². The van der Waals surface area contributed by atoms with Crippen LogP contribution >= 0.6 is 11.6 Å².